The van der Waals surface area contributed by atoms with Crippen LogP contribution in [0.15, 0.2) is 29.4 Å². The zero-order chi connectivity index (χ0) is 22.3. The summed E-state index contributed by atoms with van der Waals surface area (Å²) in [4.78, 5) is 47.0. The molecule has 1 aromatic heterocycles. The van der Waals surface area contributed by atoms with E-state index in [1.165, 1.54) is 11.8 Å². The fourth-order valence-corrected chi connectivity index (χ4v) is 4.90. The van der Waals surface area contributed by atoms with Crippen LogP contribution in [0.4, 0.5) is 10.6 Å². The second-order valence-corrected chi connectivity index (χ2v) is 9.89. The van der Waals surface area contributed by atoms with Gasteiger partial charge in [0.2, 0.25) is 5.91 Å². The molecule has 9 nitrogen and oxygen atoms in total. The van der Waals surface area contributed by atoms with Gasteiger partial charge in [-0.15, -0.1) is 0 Å². The molecule has 2 aliphatic carbocycles. The third kappa shape index (κ3) is 4.11. The number of carbonyl (C=O) groups is 3. The third-order valence-electron chi connectivity index (χ3n) is 6.36. The number of anilines is 1. The van der Waals surface area contributed by atoms with E-state index in [9.17, 15) is 14.4 Å². The molecule has 4 amide bonds. The second-order valence-electron chi connectivity index (χ2n) is 8.95. The molecule has 0 unspecified atom stereocenters. The molecular formula is C22H26N6O3S. The van der Waals surface area contributed by atoms with E-state index in [0.29, 0.717) is 30.0 Å². The van der Waals surface area contributed by atoms with Crippen molar-refractivity contribution in [3.8, 4) is 0 Å². The molecule has 1 spiro atoms. The minimum absolute atomic E-state index is 0.0116. The molecule has 1 aliphatic heterocycles. The maximum Gasteiger partial charge on any atom is 0.344 e. The van der Waals surface area contributed by atoms with Gasteiger partial charge in [-0.2, -0.15) is 5.01 Å². The molecule has 3 N–H and O–H groups in total. The first kappa shape index (κ1) is 21.0. The van der Waals surface area contributed by atoms with Crippen LogP contribution in [0.3, 0.4) is 0 Å². The standard InChI is InChI=1S/C22H26N6O3S/c1-13-8-10-22(11-9-13)19(30)28(21(31)26-22)27-17(29)12-32-20-24-16-5-3-2-4-15(16)18(25-20)23-14-6-7-14/h2-5,13-14H,6-12H2,1H3,(H,26,31)(H,27,29)(H,23,24,25). The number of aromatic nitrogens is 2. The number of hydrazine groups is 1. The Balaban J connectivity index is 1.24. The summed E-state index contributed by atoms with van der Waals surface area (Å²) < 4.78 is 0. The molecule has 168 valence electrons. The molecular weight excluding hydrogens is 428 g/mol. The molecule has 1 saturated heterocycles. The number of fused-ring (bicyclic) bond motifs is 1. The first-order valence-electron chi connectivity index (χ1n) is 11.1. The number of rotatable bonds is 6. The number of amides is 4. The van der Waals surface area contributed by atoms with Crippen LogP contribution in [-0.2, 0) is 9.59 Å². The van der Waals surface area contributed by atoms with E-state index in [1.807, 2.05) is 24.3 Å². The molecule has 5 rings (SSSR count). The summed E-state index contributed by atoms with van der Waals surface area (Å²) in [6.45, 7) is 2.14. The van der Waals surface area contributed by atoms with Crippen LogP contribution < -0.4 is 16.1 Å². The van der Waals surface area contributed by atoms with E-state index in [0.717, 1.165) is 47.4 Å². The average molecular weight is 455 g/mol. The number of nitrogens with zero attached hydrogens (tertiary/aromatic N) is 3. The summed E-state index contributed by atoms with van der Waals surface area (Å²) >= 11 is 1.17. The maximum atomic E-state index is 12.9. The highest BCUT2D eigenvalue weighted by atomic mass is 32.2. The molecule has 0 radical (unpaired) electrons. The van der Waals surface area contributed by atoms with Crippen LogP contribution >= 0.6 is 11.8 Å². The minimum Gasteiger partial charge on any atom is -0.367 e. The predicted octanol–water partition coefficient (Wildman–Crippen LogP) is 2.83. The normalized spacial score (nSPS) is 25.3. The summed E-state index contributed by atoms with van der Waals surface area (Å²) in [5, 5.41) is 8.47. The zero-order valence-corrected chi connectivity index (χ0v) is 18.7. The van der Waals surface area contributed by atoms with Gasteiger partial charge in [-0.05, 0) is 56.6 Å². The first-order valence-corrected chi connectivity index (χ1v) is 12.0. The van der Waals surface area contributed by atoms with Crippen molar-refractivity contribution in [1.82, 2.24) is 25.7 Å². The molecule has 2 aromatic rings. The Hall–Kier alpha value is -2.88. The Labute approximate surface area is 190 Å². The number of nitrogens with one attached hydrogen (secondary N) is 3. The summed E-state index contributed by atoms with van der Waals surface area (Å²) in [5.41, 5.74) is 2.39. The van der Waals surface area contributed by atoms with Crippen molar-refractivity contribution in [1.29, 1.82) is 0 Å². The summed E-state index contributed by atoms with van der Waals surface area (Å²) in [5.74, 6) is 0.469. The number of para-hydroxylation sites is 1. The van der Waals surface area contributed by atoms with Crippen LogP contribution in [-0.4, -0.2) is 50.2 Å². The van der Waals surface area contributed by atoms with Crippen molar-refractivity contribution in [3.05, 3.63) is 24.3 Å². The van der Waals surface area contributed by atoms with Gasteiger partial charge in [-0.25, -0.2) is 14.8 Å². The van der Waals surface area contributed by atoms with Crippen LogP contribution in [0.25, 0.3) is 10.9 Å². The van der Waals surface area contributed by atoms with Crippen molar-refractivity contribution in [2.75, 3.05) is 11.1 Å². The Kier molecular flexibility index (Phi) is 5.40. The highest BCUT2D eigenvalue weighted by Gasteiger charge is 2.52. The smallest absolute Gasteiger partial charge is 0.344 e. The number of imide groups is 1. The summed E-state index contributed by atoms with van der Waals surface area (Å²) in [6.07, 6.45) is 5.19. The highest BCUT2D eigenvalue weighted by molar-refractivity contribution is 7.99. The van der Waals surface area contributed by atoms with E-state index in [1.54, 1.807) is 0 Å². The van der Waals surface area contributed by atoms with Gasteiger partial charge < -0.3 is 10.6 Å². The third-order valence-corrected chi connectivity index (χ3v) is 7.21. The van der Waals surface area contributed by atoms with E-state index in [-0.39, 0.29) is 11.7 Å². The molecule has 10 heteroatoms. The molecule has 0 bridgehead atoms. The largest absolute Gasteiger partial charge is 0.367 e. The lowest BCUT2D eigenvalue weighted by atomic mass is 9.77. The first-order chi connectivity index (χ1) is 15.4. The van der Waals surface area contributed by atoms with Gasteiger partial charge in [0.05, 0.1) is 11.3 Å². The minimum atomic E-state index is -0.880. The van der Waals surface area contributed by atoms with Crippen LogP contribution in [0.1, 0.15) is 45.4 Å². The lowest BCUT2D eigenvalue weighted by Gasteiger charge is -2.33. The Morgan fingerprint density at radius 1 is 1.19 bits per heavy atom. The molecule has 2 heterocycles. The monoisotopic (exact) mass is 454 g/mol. The van der Waals surface area contributed by atoms with Gasteiger partial charge in [0.15, 0.2) is 5.16 Å². The van der Waals surface area contributed by atoms with Gasteiger partial charge in [0, 0.05) is 11.4 Å². The van der Waals surface area contributed by atoms with E-state index < -0.39 is 17.5 Å². The SMILES string of the molecule is CC1CCC2(CC1)NC(=O)N(NC(=O)CSc1nc(NC3CC3)c3ccccc3n1)C2=O. The molecule has 32 heavy (non-hydrogen) atoms. The molecule has 1 aromatic carbocycles. The number of hydrogen-bond acceptors (Lipinski definition) is 7. The number of hydrogen-bond donors (Lipinski definition) is 3. The lowest BCUT2D eigenvalue weighted by molar-refractivity contribution is -0.139. The van der Waals surface area contributed by atoms with Crippen molar-refractivity contribution in [2.45, 2.75) is 62.2 Å². The second kappa shape index (κ2) is 8.23. The maximum absolute atomic E-state index is 12.9. The zero-order valence-electron chi connectivity index (χ0n) is 17.9. The van der Waals surface area contributed by atoms with Crippen molar-refractivity contribution < 1.29 is 14.4 Å². The van der Waals surface area contributed by atoms with E-state index in [4.69, 9.17) is 0 Å². The fraction of sp³-hybridized carbons (Fsp3) is 0.500. The summed E-state index contributed by atoms with van der Waals surface area (Å²) in [7, 11) is 0. The van der Waals surface area contributed by atoms with Gasteiger partial charge in [-0.1, -0.05) is 30.8 Å². The van der Waals surface area contributed by atoms with E-state index in [2.05, 4.69) is 33.0 Å². The van der Waals surface area contributed by atoms with Crippen molar-refractivity contribution in [3.63, 3.8) is 0 Å². The number of thioether (sulfide) groups is 1. The van der Waals surface area contributed by atoms with Gasteiger partial charge in [0.25, 0.3) is 5.91 Å². The number of carbonyl (C=O) groups excluding carboxylic acids is 3. The van der Waals surface area contributed by atoms with Gasteiger partial charge in [-0.3, -0.25) is 15.0 Å². The Bertz CT molecular complexity index is 1080. The summed E-state index contributed by atoms with van der Waals surface area (Å²) in [6, 6.07) is 7.61. The highest BCUT2D eigenvalue weighted by Crippen LogP contribution is 2.36. The van der Waals surface area contributed by atoms with Crippen LogP contribution in [0, 0.1) is 5.92 Å². The lowest BCUT2D eigenvalue weighted by Crippen LogP contribution is -2.51. The molecule has 2 saturated carbocycles. The van der Waals surface area contributed by atoms with Gasteiger partial charge in [0.1, 0.15) is 11.4 Å². The fourth-order valence-electron chi connectivity index (χ4n) is 4.25. The average Bonchev–Trinajstić information content (AvgIpc) is 3.57. The topological polar surface area (TPSA) is 116 Å². The number of benzene rings is 1. The van der Waals surface area contributed by atoms with Crippen molar-refractivity contribution >= 4 is 46.3 Å². The quantitative estimate of drug-likeness (QED) is 0.349. The predicted molar refractivity (Wildman–Crippen MR) is 121 cm³/mol. The Morgan fingerprint density at radius 2 is 1.94 bits per heavy atom. The van der Waals surface area contributed by atoms with Crippen molar-refractivity contribution in [2.24, 2.45) is 5.92 Å². The Morgan fingerprint density at radius 3 is 2.69 bits per heavy atom. The van der Waals surface area contributed by atoms with Crippen LogP contribution in [0.5, 0.6) is 0 Å². The number of urea groups is 1. The molecule has 3 aliphatic rings. The van der Waals surface area contributed by atoms with Crippen LogP contribution in [0.2, 0.25) is 0 Å². The van der Waals surface area contributed by atoms with E-state index >= 15 is 0 Å². The van der Waals surface area contributed by atoms with Gasteiger partial charge >= 0.3 is 6.03 Å². The molecule has 3 fully saturated rings. The molecule has 0 atom stereocenters.